The molecule has 0 bridgehead atoms. The Kier molecular flexibility index (Phi) is 6.55. The lowest BCUT2D eigenvalue weighted by molar-refractivity contribution is 0.117. The van der Waals surface area contributed by atoms with Gasteiger partial charge in [-0.05, 0) is 37.8 Å². The van der Waals surface area contributed by atoms with Crippen LogP contribution in [0.4, 0.5) is 13.6 Å². The van der Waals surface area contributed by atoms with Crippen LogP contribution in [0.15, 0.2) is 36.4 Å². The van der Waals surface area contributed by atoms with E-state index in [1.165, 1.54) is 7.11 Å². The van der Waals surface area contributed by atoms with Crippen LogP contribution in [0.3, 0.4) is 0 Å². The van der Waals surface area contributed by atoms with E-state index < -0.39 is 23.7 Å². The smallest absolute Gasteiger partial charge is 0.315 e. The number of methoxy groups -OCH3 is 1. The van der Waals surface area contributed by atoms with Crippen molar-refractivity contribution in [3.63, 3.8) is 0 Å². The molecule has 4 N–H and O–H groups in total. The van der Waals surface area contributed by atoms with E-state index in [0.29, 0.717) is 37.0 Å². The molecular formula is C23H26F2N4O3. The van der Waals surface area contributed by atoms with Crippen molar-refractivity contribution in [3.8, 4) is 5.75 Å². The Labute approximate surface area is 184 Å². The molecule has 4 rings (SSSR count). The maximum Gasteiger partial charge on any atom is 0.315 e. The SMILES string of the molecule is COc1cc(F)c(CC(NC(=O)N[C@H]2CC[C@H](O)CC2)c2nc3ccccc3[nH]2)c(F)c1. The maximum absolute atomic E-state index is 14.6. The molecule has 2 aromatic carbocycles. The number of ether oxygens (including phenoxy) is 1. The van der Waals surface area contributed by atoms with Gasteiger partial charge in [-0.1, -0.05) is 12.1 Å². The minimum absolute atomic E-state index is 0.0656. The number of para-hydroxylation sites is 2. The fraction of sp³-hybridized carbons (Fsp3) is 0.391. The van der Waals surface area contributed by atoms with Crippen LogP contribution >= 0.6 is 0 Å². The summed E-state index contributed by atoms with van der Waals surface area (Å²) in [6, 6.07) is 8.24. The number of rotatable bonds is 6. The molecule has 1 fully saturated rings. The summed E-state index contributed by atoms with van der Waals surface area (Å²) in [6.45, 7) is 0. The Hall–Kier alpha value is -3.20. The van der Waals surface area contributed by atoms with Gasteiger partial charge in [-0.25, -0.2) is 18.6 Å². The summed E-state index contributed by atoms with van der Waals surface area (Å²) in [6.07, 6.45) is 2.12. The number of aliphatic hydroxyl groups excluding tert-OH is 1. The van der Waals surface area contributed by atoms with E-state index in [4.69, 9.17) is 4.74 Å². The Balaban J connectivity index is 1.57. The lowest BCUT2D eigenvalue weighted by Crippen LogP contribution is -2.45. The standard InChI is InChI=1S/C23H26F2N4O3/c1-32-15-10-17(24)16(18(25)11-15)12-21(22-27-19-4-2-3-5-20(19)28-22)29-23(31)26-13-6-8-14(30)9-7-13/h2-5,10-11,13-14,21,30H,6-9,12H2,1H3,(H,27,28)(H2,26,29,31)/t13-,14-,21?. The summed E-state index contributed by atoms with van der Waals surface area (Å²) >= 11 is 0. The van der Waals surface area contributed by atoms with E-state index in [1.807, 2.05) is 24.3 Å². The third kappa shape index (κ3) is 4.99. The number of fused-ring (bicyclic) bond motifs is 1. The number of benzene rings is 2. The highest BCUT2D eigenvalue weighted by Crippen LogP contribution is 2.26. The molecule has 32 heavy (non-hydrogen) atoms. The summed E-state index contributed by atoms with van der Waals surface area (Å²) in [5, 5.41) is 15.4. The first kappa shape index (κ1) is 22.0. The Morgan fingerprint density at radius 2 is 1.91 bits per heavy atom. The molecule has 0 spiro atoms. The van der Waals surface area contributed by atoms with Gasteiger partial charge in [-0.3, -0.25) is 0 Å². The molecule has 0 saturated heterocycles. The topological polar surface area (TPSA) is 99.3 Å². The van der Waals surface area contributed by atoms with Gasteiger partial charge in [0.2, 0.25) is 0 Å². The number of nitrogens with one attached hydrogen (secondary N) is 3. The number of halogens is 2. The largest absolute Gasteiger partial charge is 0.497 e. The normalized spacial score (nSPS) is 19.5. The number of H-pyrrole nitrogens is 1. The van der Waals surface area contributed by atoms with E-state index in [-0.39, 0.29) is 29.9 Å². The number of carbonyl (C=O) groups is 1. The van der Waals surface area contributed by atoms with Crippen molar-refractivity contribution >= 4 is 17.1 Å². The highest BCUT2D eigenvalue weighted by atomic mass is 19.1. The molecule has 1 aliphatic rings. The zero-order chi connectivity index (χ0) is 22.7. The summed E-state index contributed by atoms with van der Waals surface area (Å²) in [5.41, 5.74) is 1.27. The van der Waals surface area contributed by atoms with Crippen molar-refractivity contribution in [1.29, 1.82) is 0 Å². The second-order valence-corrected chi connectivity index (χ2v) is 8.09. The fourth-order valence-electron chi connectivity index (χ4n) is 4.06. The van der Waals surface area contributed by atoms with Gasteiger partial charge in [0.25, 0.3) is 0 Å². The number of imidazole rings is 1. The monoisotopic (exact) mass is 444 g/mol. The van der Waals surface area contributed by atoms with Crippen molar-refractivity contribution in [3.05, 3.63) is 59.4 Å². The van der Waals surface area contributed by atoms with Gasteiger partial charge in [0.15, 0.2) is 0 Å². The maximum atomic E-state index is 14.6. The fourth-order valence-corrected chi connectivity index (χ4v) is 4.06. The van der Waals surface area contributed by atoms with Gasteiger partial charge in [-0.15, -0.1) is 0 Å². The Morgan fingerprint density at radius 1 is 1.22 bits per heavy atom. The molecule has 170 valence electrons. The molecule has 3 aromatic rings. The number of hydrogen-bond acceptors (Lipinski definition) is 4. The minimum Gasteiger partial charge on any atom is -0.497 e. The number of hydrogen-bond donors (Lipinski definition) is 4. The van der Waals surface area contributed by atoms with Crippen molar-refractivity contribution in [2.24, 2.45) is 0 Å². The van der Waals surface area contributed by atoms with E-state index in [2.05, 4.69) is 20.6 Å². The quantitative estimate of drug-likeness (QED) is 0.466. The number of amides is 2. The molecule has 1 atom stereocenters. The number of aromatic nitrogens is 2. The van der Waals surface area contributed by atoms with Gasteiger partial charge in [0.1, 0.15) is 23.2 Å². The van der Waals surface area contributed by atoms with Gasteiger partial charge >= 0.3 is 6.03 Å². The Bertz CT molecular complexity index is 1040. The first-order valence-electron chi connectivity index (χ1n) is 10.6. The van der Waals surface area contributed by atoms with E-state index in [0.717, 1.165) is 17.6 Å². The molecule has 1 unspecified atom stereocenters. The summed E-state index contributed by atoms with van der Waals surface area (Å²) in [7, 11) is 1.33. The highest BCUT2D eigenvalue weighted by molar-refractivity contribution is 5.76. The first-order valence-corrected chi connectivity index (χ1v) is 10.6. The zero-order valence-corrected chi connectivity index (χ0v) is 17.7. The van der Waals surface area contributed by atoms with Crippen molar-refractivity contribution in [2.45, 2.75) is 50.3 Å². The van der Waals surface area contributed by atoms with Crippen LogP contribution in [0.25, 0.3) is 11.0 Å². The molecule has 1 aliphatic carbocycles. The predicted molar refractivity (Wildman–Crippen MR) is 115 cm³/mol. The molecular weight excluding hydrogens is 418 g/mol. The van der Waals surface area contributed by atoms with Gasteiger partial charge in [-0.2, -0.15) is 0 Å². The molecule has 7 nitrogen and oxygen atoms in total. The van der Waals surface area contributed by atoms with Gasteiger partial charge in [0.05, 0.1) is 30.3 Å². The summed E-state index contributed by atoms with van der Waals surface area (Å²) in [4.78, 5) is 20.4. The molecule has 1 aromatic heterocycles. The number of carbonyl (C=O) groups excluding carboxylic acids is 1. The third-order valence-electron chi connectivity index (χ3n) is 5.83. The molecule has 2 amide bonds. The average Bonchev–Trinajstić information content (AvgIpc) is 3.21. The average molecular weight is 444 g/mol. The predicted octanol–water partition coefficient (Wildman–Crippen LogP) is 3.74. The van der Waals surface area contributed by atoms with E-state index >= 15 is 0 Å². The number of nitrogens with zero attached hydrogens (tertiary/aromatic N) is 1. The van der Waals surface area contributed by atoms with E-state index in [1.54, 1.807) is 0 Å². The second kappa shape index (κ2) is 9.52. The summed E-state index contributed by atoms with van der Waals surface area (Å²) < 4.78 is 34.2. The molecule has 0 radical (unpaired) electrons. The van der Waals surface area contributed by atoms with Gasteiger partial charge < -0.3 is 25.5 Å². The van der Waals surface area contributed by atoms with Crippen LogP contribution in [-0.4, -0.2) is 40.4 Å². The van der Waals surface area contributed by atoms with Crippen LogP contribution in [-0.2, 0) is 6.42 Å². The van der Waals surface area contributed by atoms with Crippen molar-refractivity contribution in [2.75, 3.05) is 7.11 Å². The number of urea groups is 1. The molecule has 1 saturated carbocycles. The van der Waals surface area contributed by atoms with Crippen LogP contribution in [0.5, 0.6) is 5.75 Å². The molecule has 0 aliphatic heterocycles. The van der Waals surface area contributed by atoms with Crippen molar-refractivity contribution < 1.29 is 23.4 Å². The number of aliphatic hydroxyl groups is 1. The zero-order valence-electron chi connectivity index (χ0n) is 17.7. The van der Waals surface area contributed by atoms with Crippen LogP contribution < -0.4 is 15.4 Å². The summed E-state index contributed by atoms with van der Waals surface area (Å²) in [5.74, 6) is -1.04. The molecule has 1 heterocycles. The first-order chi connectivity index (χ1) is 15.4. The lowest BCUT2D eigenvalue weighted by Gasteiger charge is -2.27. The van der Waals surface area contributed by atoms with Crippen molar-refractivity contribution in [1.82, 2.24) is 20.6 Å². The lowest BCUT2D eigenvalue weighted by atomic mass is 9.93. The van der Waals surface area contributed by atoms with E-state index in [9.17, 15) is 18.7 Å². The molecule has 9 heteroatoms. The third-order valence-corrected chi connectivity index (χ3v) is 5.83. The van der Waals surface area contributed by atoms with Crippen LogP contribution in [0.2, 0.25) is 0 Å². The van der Waals surface area contributed by atoms with Gasteiger partial charge in [0, 0.05) is 30.2 Å². The Morgan fingerprint density at radius 3 is 2.56 bits per heavy atom. The van der Waals surface area contributed by atoms with Crippen LogP contribution in [0.1, 0.15) is 43.1 Å². The second-order valence-electron chi connectivity index (χ2n) is 8.09. The minimum atomic E-state index is -0.797. The van der Waals surface area contributed by atoms with Crippen LogP contribution in [0, 0.1) is 11.6 Å². The highest BCUT2D eigenvalue weighted by Gasteiger charge is 2.26. The number of aromatic amines is 1.